The number of benzene rings is 1. The number of hydrogen-bond donors (Lipinski definition) is 2. The van der Waals surface area contributed by atoms with Crippen LogP contribution >= 0.6 is 0 Å². The lowest BCUT2D eigenvalue weighted by atomic mass is 10.1. The van der Waals surface area contributed by atoms with Gasteiger partial charge in [-0.3, -0.25) is 4.79 Å². The first-order valence-corrected chi connectivity index (χ1v) is 7.13. The molecule has 2 atom stereocenters. The molecule has 2 unspecified atom stereocenters. The molecule has 0 spiro atoms. The summed E-state index contributed by atoms with van der Waals surface area (Å²) in [4.78, 5) is 14.5. The molecule has 116 valence electrons. The van der Waals surface area contributed by atoms with Crippen LogP contribution in [0.25, 0.3) is 0 Å². The zero-order chi connectivity index (χ0) is 15.4. The number of hydrogen-bond acceptors (Lipinski definition) is 5. The lowest BCUT2D eigenvalue weighted by molar-refractivity contribution is -0.0667. The fraction of sp³-hybridized carbons (Fsp3) is 0.533. The van der Waals surface area contributed by atoms with Gasteiger partial charge in [0.2, 0.25) is 0 Å². The summed E-state index contributed by atoms with van der Waals surface area (Å²) in [6.07, 6.45) is -0.356. The molecule has 0 saturated carbocycles. The monoisotopic (exact) mass is 294 g/mol. The third-order valence-electron chi connectivity index (χ3n) is 3.54. The number of carbonyl (C=O) groups excluding carboxylic acids is 1. The van der Waals surface area contributed by atoms with Crippen molar-refractivity contribution in [3.05, 3.63) is 23.8 Å². The molecule has 1 aromatic carbocycles. The highest BCUT2D eigenvalue weighted by atomic mass is 16.5. The van der Waals surface area contributed by atoms with Crippen molar-refractivity contribution in [1.29, 1.82) is 0 Å². The molecule has 0 bridgehead atoms. The number of amides is 1. The second-order valence-electron chi connectivity index (χ2n) is 5.10. The molecule has 0 radical (unpaired) electrons. The Hall–Kier alpha value is -1.79. The second-order valence-corrected chi connectivity index (χ2v) is 5.10. The SMILES string of the molecule is CCOc1cccc(N)c1C(=O)N1CC(CO)OCC1C. The largest absolute Gasteiger partial charge is 0.493 e. The molecule has 1 saturated heterocycles. The van der Waals surface area contributed by atoms with Crippen LogP contribution in [0.4, 0.5) is 5.69 Å². The van der Waals surface area contributed by atoms with Crippen molar-refractivity contribution in [1.82, 2.24) is 4.90 Å². The zero-order valence-corrected chi connectivity index (χ0v) is 12.4. The van der Waals surface area contributed by atoms with E-state index in [0.29, 0.717) is 36.8 Å². The number of nitrogen functional groups attached to an aromatic ring is 1. The van der Waals surface area contributed by atoms with E-state index in [1.54, 1.807) is 23.1 Å². The van der Waals surface area contributed by atoms with Crippen molar-refractivity contribution in [3.63, 3.8) is 0 Å². The zero-order valence-electron chi connectivity index (χ0n) is 12.4. The van der Waals surface area contributed by atoms with E-state index in [1.807, 2.05) is 13.8 Å². The maximum Gasteiger partial charge on any atom is 0.260 e. The van der Waals surface area contributed by atoms with Gasteiger partial charge in [0, 0.05) is 12.2 Å². The van der Waals surface area contributed by atoms with E-state index >= 15 is 0 Å². The van der Waals surface area contributed by atoms with E-state index in [0.717, 1.165) is 0 Å². The maximum absolute atomic E-state index is 12.8. The van der Waals surface area contributed by atoms with E-state index in [-0.39, 0.29) is 24.7 Å². The topological polar surface area (TPSA) is 85.0 Å². The van der Waals surface area contributed by atoms with Crippen molar-refractivity contribution in [2.24, 2.45) is 0 Å². The molecule has 0 aromatic heterocycles. The minimum absolute atomic E-state index is 0.0746. The van der Waals surface area contributed by atoms with Crippen molar-refractivity contribution in [2.75, 3.05) is 32.1 Å². The van der Waals surface area contributed by atoms with Gasteiger partial charge in [-0.2, -0.15) is 0 Å². The van der Waals surface area contributed by atoms with E-state index < -0.39 is 0 Å². The van der Waals surface area contributed by atoms with Gasteiger partial charge in [0.25, 0.3) is 5.91 Å². The Morgan fingerprint density at radius 3 is 3.00 bits per heavy atom. The average molecular weight is 294 g/mol. The van der Waals surface area contributed by atoms with Crippen LogP contribution in [0, 0.1) is 0 Å². The van der Waals surface area contributed by atoms with Crippen LogP contribution in [0.5, 0.6) is 5.75 Å². The van der Waals surface area contributed by atoms with Crippen molar-refractivity contribution >= 4 is 11.6 Å². The molecule has 6 nitrogen and oxygen atoms in total. The fourth-order valence-corrected chi connectivity index (χ4v) is 2.41. The maximum atomic E-state index is 12.8. The number of aliphatic hydroxyl groups is 1. The molecule has 1 aromatic rings. The Labute approximate surface area is 124 Å². The smallest absolute Gasteiger partial charge is 0.260 e. The fourth-order valence-electron chi connectivity index (χ4n) is 2.41. The molecule has 1 aliphatic heterocycles. The van der Waals surface area contributed by atoms with E-state index in [4.69, 9.17) is 15.2 Å². The molecule has 1 fully saturated rings. The number of anilines is 1. The van der Waals surface area contributed by atoms with Gasteiger partial charge in [-0.15, -0.1) is 0 Å². The standard InChI is InChI=1S/C15H22N2O4/c1-3-20-13-6-4-5-12(16)14(13)15(19)17-7-11(8-18)21-9-10(17)2/h4-6,10-11,18H,3,7-9,16H2,1-2H3. The first-order chi connectivity index (χ1) is 10.1. The van der Waals surface area contributed by atoms with Gasteiger partial charge in [-0.25, -0.2) is 0 Å². The second kappa shape index (κ2) is 6.78. The van der Waals surface area contributed by atoms with Gasteiger partial charge in [-0.05, 0) is 26.0 Å². The normalized spacial score (nSPS) is 22.1. The third kappa shape index (κ3) is 3.28. The van der Waals surface area contributed by atoms with Gasteiger partial charge in [0.05, 0.1) is 32.0 Å². The first kappa shape index (κ1) is 15.6. The summed E-state index contributed by atoms with van der Waals surface area (Å²) in [6, 6.07) is 5.11. The Morgan fingerprint density at radius 1 is 1.57 bits per heavy atom. The summed E-state index contributed by atoms with van der Waals surface area (Å²) in [7, 11) is 0. The van der Waals surface area contributed by atoms with E-state index in [1.165, 1.54) is 0 Å². The number of morpholine rings is 1. The quantitative estimate of drug-likeness (QED) is 0.806. The Bertz CT molecular complexity index is 506. The predicted molar refractivity (Wildman–Crippen MR) is 79.3 cm³/mol. The van der Waals surface area contributed by atoms with Crippen LogP contribution < -0.4 is 10.5 Å². The molecule has 21 heavy (non-hydrogen) atoms. The van der Waals surface area contributed by atoms with Gasteiger partial charge < -0.3 is 25.2 Å². The van der Waals surface area contributed by atoms with Crippen molar-refractivity contribution < 1.29 is 19.4 Å². The lowest BCUT2D eigenvalue weighted by Gasteiger charge is -2.37. The third-order valence-corrected chi connectivity index (χ3v) is 3.54. The molecular formula is C15H22N2O4. The van der Waals surface area contributed by atoms with Gasteiger partial charge in [-0.1, -0.05) is 6.07 Å². The molecule has 3 N–H and O–H groups in total. The molecule has 0 aliphatic carbocycles. The molecule has 1 amide bonds. The molecule has 6 heteroatoms. The van der Waals surface area contributed by atoms with Crippen LogP contribution in [0.2, 0.25) is 0 Å². The Kier molecular flexibility index (Phi) is 5.03. The van der Waals surface area contributed by atoms with Crippen LogP contribution in [0.15, 0.2) is 18.2 Å². The summed E-state index contributed by atoms with van der Waals surface area (Å²) in [5.41, 5.74) is 6.74. The highest BCUT2D eigenvalue weighted by molar-refractivity contribution is 6.02. The van der Waals surface area contributed by atoms with Crippen molar-refractivity contribution in [3.8, 4) is 5.75 Å². The van der Waals surface area contributed by atoms with Gasteiger partial charge >= 0.3 is 0 Å². The Balaban J connectivity index is 2.30. The predicted octanol–water partition coefficient (Wildman–Crippen LogP) is 0.889. The minimum Gasteiger partial charge on any atom is -0.493 e. The average Bonchev–Trinajstić information content (AvgIpc) is 2.48. The highest BCUT2D eigenvalue weighted by Crippen LogP contribution is 2.28. The number of carbonyl (C=O) groups is 1. The molecular weight excluding hydrogens is 272 g/mol. The Morgan fingerprint density at radius 2 is 2.33 bits per heavy atom. The number of aliphatic hydroxyl groups excluding tert-OH is 1. The van der Waals surface area contributed by atoms with E-state index in [9.17, 15) is 9.90 Å². The number of nitrogens with zero attached hydrogens (tertiary/aromatic N) is 1. The summed E-state index contributed by atoms with van der Waals surface area (Å²) < 4.78 is 11.0. The van der Waals surface area contributed by atoms with Crippen molar-refractivity contribution in [2.45, 2.75) is 26.0 Å². The first-order valence-electron chi connectivity index (χ1n) is 7.13. The molecule has 1 heterocycles. The minimum atomic E-state index is -0.356. The van der Waals surface area contributed by atoms with Crippen LogP contribution in [0.1, 0.15) is 24.2 Å². The van der Waals surface area contributed by atoms with Gasteiger partial charge in [0.1, 0.15) is 11.3 Å². The number of rotatable bonds is 4. The number of nitrogens with two attached hydrogens (primary N) is 1. The van der Waals surface area contributed by atoms with Crippen LogP contribution in [0.3, 0.4) is 0 Å². The summed E-state index contributed by atoms with van der Waals surface area (Å²) in [6.45, 7) is 4.85. The van der Waals surface area contributed by atoms with E-state index in [2.05, 4.69) is 0 Å². The van der Waals surface area contributed by atoms with Gasteiger partial charge in [0.15, 0.2) is 0 Å². The van der Waals surface area contributed by atoms with Crippen LogP contribution in [-0.4, -0.2) is 54.4 Å². The summed E-state index contributed by atoms with van der Waals surface area (Å²) in [5, 5.41) is 9.23. The lowest BCUT2D eigenvalue weighted by Crippen LogP contribution is -2.52. The molecule has 2 rings (SSSR count). The highest BCUT2D eigenvalue weighted by Gasteiger charge is 2.32. The summed E-state index contributed by atoms with van der Waals surface area (Å²) >= 11 is 0. The van der Waals surface area contributed by atoms with Crippen LogP contribution in [-0.2, 0) is 4.74 Å². The molecule has 1 aliphatic rings. The number of ether oxygens (including phenoxy) is 2. The summed E-state index contributed by atoms with van der Waals surface area (Å²) in [5.74, 6) is 0.299.